The summed E-state index contributed by atoms with van der Waals surface area (Å²) in [7, 11) is -3.91. The number of aryl methyl sites for hydroxylation is 1. The Kier molecular flexibility index (Phi) is 6.18. The van der Waals surface area contributed by atoms with E-state index in [-0.39, 0.29) is 28.2 Å². The first kappa shape index (κ1) is 21.6. The molecule has 1 heterocycles. The number of rotatable bonds is 6. The summed E-state index contributed by atoms with van der Waals surface area (Å²) in [5, 5.41) is 3.47. The van der Waals surface area contributed by atoms with Crippen LogP contribution in [0.1, 0.15) is 11.1 Å². The van der Waals surface area contributed by atoms with Crippen LogP contribution >= 0.6 is 27.5 Å². The maximum Gasteiger partial charge on any atom is 0.234 e. The van der Waals surface area contributed by atoms with Gasteiger partial charge in [-0.15, -0.1) is 0 Å². The number of oxazole rings is 1. The first-order chi connectivity index (χ1) is 14.8. The third-order valence-corrected chi connectivity index (χ3v) is 7.25. The molecule has 0 saturated heterocycles. The standard InChI is InChI=1S/C23H18BrClN2O3S/c1-15-6-12-19(13-7-15)31(28,29)23-22(26-14-17-4-2-3-5-20(17)25)30-21(27-23)16-8-10-18(24)11-9-16/h2-13,26H,14H2,1H3. The minimum atomic E-state index is -3.91. The molecule has 0 aliphatic heterocycles. The fraction of sp³-hybridized carbons (Fsp3) is 0.0870. The van der Waals surface area contributed by atoms with Gasteiger partial charge in [-0.3, -0.25) is 0 Å². The summed E-state index contributed by atoms with van der Waals surface area (Å²) in [6.07, 6.45) is 0. The maximum absolute atomic E-state index is 13.3. The highest BCUT2D eigenvalue weighted by Crippen LogP contribution is 2.33. The highest BCUT2D eigenvalue weighted by atomic mass is 79.9. The third-order valence-electron chi connectivity index (χ3n) is 4.67. The van der Waals surface area contributed by atoms with Gasteiger partial charge in [0.15, 0.2) is 0 Å². The van der Waals surface area contributed by atoms with Gasteiger partial charge in [0.05, 0.1) is 4.90 Å². The Morgan fingerprint density at radius 2 is 1.68 bits per heavy atom. The number of aromatic nitrogens is 1. The van der Waals surface area contributed by atoms with E-state index in [1.165, 1.54) is 0 Å². The minimum Gasteiger partial charge on any atom is -0.419 e. The molecule has 0 unspecified atom stereocenters. The van der Waals surface area contributed by atoms with Crippen molar-refractivity contribution >= 4 is 43.3 Å². The van der Waals surface area contributed by atoms with Crippen LogP contribution in [0.2, 0.25) is 5.02 Å². The number of halogens is 2. The molecular weight excluding hydrogens is 500 g/mol. The summed E-state index contributed by atoms with van der Waals surface area (Å²) in [6, 6.07) is 21.2. The third kappa shape index (κ3) is 4.69. The topological polar surface area (TPSA) is 72.2 Å². The summed E-state index contributed by atoms with van der Waals surface area (Å²) in [5.41, 5.74) is 2.44. The number of benzene rings is 3. The number of hydrogen-bond donors (Lipinski definition) is 1. The van der Waals surface area contributed by atoms with Crippen LogP contribution in [-0.4, -0.2) is 13.4 Å². The molecule has 0 radical (unpaired) electrons. The molecule has 0 spiro atoms. The first-order valence-corrected chi connectivity index (χ1v) is 12.1. The van der Waals surface area contributed by atoms with E-state index in [4.69, 9.17) is 16.0 Å². The van der Waals surface area contributed by atoms with Crippen LogP contribution in [0, 0.1) is 6.92 Å². The van der Waals surface area contributed by atoms with E-state index in [1.54, 1.807) is 42.5 Å². The number of hydrogen-bond acceptors (Lipinski definition) is 5. The lowest BCUT2D eigenvalue weighted by Crippen LogP contribution is -2.07. The average Bonchev–Trinajstić information content (AvgIpc) is 3.19. The summed E-state index contributed by atoms with van der Waals surface area (Å²) in [5.74, 6) is 0.276. The quantitative estimate of drug-likeness (QED) is 0.316. The highest BCUT2D eigenvalue weighted by molar-refractivity contribution is 9.10. The molecule has 0 fully saturated rings. The van der Waals surface area contributed by atoms with E-state index >= 15 is 0 Å². The van der Waals surface area contributed by atoms with Gasteiger partial charge in [0.1, 0.15) is 0 Å². The highest BCUT2D eigenvalue weighted by Gasteiger charge is 2.28. The molecular formula is C23H18BrClN2O3S. The lowest BCUT2D eigenvalue weighted by molar-refractivity contribution is 0.576. The van der Waals surface area contributed by atoms with Crippen LogP contribution < -0.4 is 5.32 Å². The number of anilines is 1. The van der Waals surface area contributed by atoms with Gasteiger partial charge >= 0.3 is 0 Å². The van der Waals surface area contributed by atoms with Gasteiger partial charge in [0, 0.05) is 21.6 Å². The summed E-state index contributed by atoms with van der Waals surface area (Å²) in [6.45, 7) is 2.18. The molecule has 3 aromatic carbocycles. The van der Waals surface area contributed by atoms with E-state index in [9.17, 15) is 8.42 Å². The Bertz CT molecular complexity index is 1320. The fourth-order valence-corrected chi connectivity index (χ4v) is 4.71. The van der Waals surface area contributed by atoms with Crippen molar-refractivity contribution < 1.29 is 12.8 Å². The molecule has 0 aliphatic rings. The average molecular weight is 518 g/mol. The van der Waals surface area contributed by atoms with Crippen LogP contribution in [-0.2, 0) is 16.4 Å². The SMILES string of the molecule is Cc1ccc(S(=O)(=O)c2nc(-c3ccc(Br)cc3)oc2NCc2ccccc2Cl)cc1. The van der Waals surface area contributed by atoms with E-state index in [0.717, 1.165) is 15.6 Å². The van der Waals surface area contributed by atoms with Crippen LogP contribution in [0.3, 0.4) is 0 Å². The first-order valence-electron chi connectivity index (χ1n) is 9.40. The predicted molar refractivity (Wildman–Crippen MR) is 125 cm³/mol. The van der Waals surface area contributed by atoms with Crippen molar-refractivity contribution in [2.24, 2.45) is 0 Å². The molecule has 31 heavy (non-hydrogen) atoms. The number of nitrogens with one attached hydrogen (secondary N) is 1. The van der Waals surface area contributed by atoms with Crippen LogP contribution in [0.4, 0.5) is 5.88 Å². The van der Waals surface area contributed by atoms with Crippen molar-refractivity contribution in [3.8, 4) is 11.5 Å². The van der Waals surface area contributed by atoms with Gasteiger partial charge in [0.25, 0.3) is 0 Å². The van der Waals surface area contributed by atoms with E-state index in [1.807, 2.05) is 37.3 Å². The van der Waals surface area contributed by atoms with Crippen molar-refractivity contribution in [2.45, 2.75) is 23.4 Å². The Balaban J connectivity index is 1.77. The molecule has 8 heteroatoms. The van der Waals surface area contributed by atoms with Crippen molar-refractivity contribution in [3.63, 3.8) is 0 Å². The zero-order valence-corrected chi connectivity index (χ0v) is 19.6. The van der Waals surface area contributed by atoms with Crippen molar-refractivity contribution in [1.29, 1.82) is 0 Å². The Morgan fingerprint density at radius 3 is 2.35 bits per heavy atom. The molecule has 0 aliphatic carbocycles. The van der Waals surface area contributed by atoms with Crippen LogP contribution in [0.5, 0.6) is 0 Å². The van der Waals surface area contributed by atoms with Crippen molar-refractivity contribution in [2.75, 3.05) is 5.32 Å². The zero-order valence-electron chi connectivity index (χ0n) is 16.5. The second-order valence-corrected chi connectivity index (χ2v) is 10.1. The van der Waals surface area contributed by atoms with E-state index < -0.39 is 9.84 Å². The molecule has 4 aromatic rings. The normalized spacial score (nSPS) is 11.5. The van der Waals surface area contributed by atoms with E-state index in [0.29, 0.717) is 10.6 Å². The van der Waals surface area contributed by atoms with Gasteiger partial charge in [-0.2, -0.15) is 4.98 Å². The smallest absolute Gasteiger partial charge is 0.234 e. The maximum atomic E-state index is 13.3. The number of nitrogens with zero attached hydrogens (tertiary/aromatic N) is 1. The monoisotopic (exact) mass is 516 g/mol. The largest absolute Gasteiger partial charge is 0.419 e. The Hall–Kier alpha value is -2.61. The molecule has 158 valence electrons. The predicted octanol–water partition coefficient (Wildman–Crippen LogP) is 6.51. The molecule has 1 aromatic heterocycles. The van der Waals surface area contributed by atoms with Crippen molar-refractivity contribution in [3.05, 3.63) is 93.4 Å². The molecule has 1 N–H and O–H groups in total. The summed E-state index contributed by atoms with van der Waals surface area (Å²) < 4.78 is 33.5. The molecule has 0 bridgehead atoms. The van der Waals surface area contributed by atoms with Gasteiger partial charge < -0.3 is 9.73 Å². The number of sulfone groups is 1. The second kappa shape index (κ2) is 8.86. The van der Waals surface area contributed by atoms with Crippen LogP contribution in [0.25, 0.3) is 11.5 Å². The van der Waals surface area contributed by atoms with Gasteiger partial charge in [-0.05, 0) is 55.0 Å². The molecule has 5 nitrogen and oxygen atoms in total. The minimum absolute atomic E-state index is 0.0680. The summed E-state index contributed by atoms with van der Waals surface area (Å²) in [4.78, 5) is 4.50. The van der Waals surface area contributed by atoms with Crippen molar-refractivity contribution in [1.82, 2.24) is 4.98 Å². The lowest BCUT2D eigenvalue weighted by atomic mass is 10.2. The summed E-state index contributed by atoms with van der Waals surface area (Å²) >= 11 is 9.63. The van der Waals surface area contributed by atoms with Gasteiger partial charge in [0.2, 0.25) is 26.6 Å². The Labute approximate surface area is 194 Å². The van der Waals surface area contributed by atoms with Gasteiger partial charge in [-0.1, -0.05) is 63.4 Å². The van der Waals surface area contributed by atoms with Gasteiger partial charge in [-0.25, -0.2) is 8.42 Å². The molecule has 0 saturated carbocycles. The second-order valence-electron chi connectivity index (χ2n) is 6.92. The van der Waals surface area contributed by atoms with E-state index in [2.05, 4.69) is 26.2 Å². The molecule has 4 rings (SSSR count). The molecule has 0 amide bonds. The fourth-order valence-electron chi connectivity index (χ4n) is 2.96. The van der Waals surface area contributed by atoms with Crippen LogP contribution in [0.15, 0.2) is 91.6 Å². The lowest BCUT2D eigenvalue weighted by Gasteiger charge is -2.07. The zero-order chi connectivity index (χ0) is 22.0. The Morgan fingerprint density at radius 1 is 1.00 bits per heavy atom. The molecule has 0 atom stereocenters.